The molecule has 0 aliphatic carbocycles. The Labute approximate surface area is 116 Å². The Kier molecular flexibility index (Phi) is 3.85. The highest BCUT2D eigenvalue weighted by molar-refractivity contribution is 7.91. The fourth-order valence-corrected chi connectivity index (χ4v) is 3.99. The highest BCUT2D eigenvalue weighted by Gasteiger charge is 2.32. The van der Waals surface area contributed by atoms with Gasteiger partial charge in [0.05, 0.1) is 11.5 Å². The third-order valence-electron chi connectivity index (χ3n) is 3.46. The first-order chi connectivity index (χ1) is 9.28. The molecular weight excluding hydrogens is 282 g/mol. The average molecular weight is 299 g/mol. The molecule has 0 saturated carbocycles. The van der Waals surface area contributed by atoms with Crippen LogP contribution in [0, 0.1) is 0 Å². The minimum absolute atomic E-state index is 0.0128. The van der Waals surface area contributed by atoms with Gasteiger partial charge >= 0.3 is 0 Å². The van der Waals surface area contributed by atoms with Crippen LogP contribution in [0.1, 0.15) is 6.42 Å². The minimum Gasteiger partial charge on any atom is -0.398 e. The summed E-state index contributed by atoms with van der Waals surface area (Å²) in [4.78, 5) is 25.1. The summed E-state index contributed by atoms with van der Waals surface area (Å²) in [5.74, 6) is -0.214. The molecule has 2 heterocycles. The molecule has 1 aromatic rings. The molecule has 110 valence electrons. The summed E-state index contributed by atoms with van der Waals surface area (Å²) < 4.78 is 24.1. The molecule has 1 fully saturated rings. The van der Waals surface area contributed by atoms with Crippen LogP contribution in [0.25, 0.3) is 0 Å². The number of carbonyl (C=O) groups excluding carboxylic acids is 1. The molecule has 7 nitrogen and oxygen atoms in total. The number of sulfone groups is 1. The number of pyridine rings is 1. The van der Waals surface area contributed by atoms with Gasteiger partial charge in [0.2, 0.25) is 5.91 Å². The SMILES string of the molecule is CN(C(=O)Cn1cc(N)ccc1=O)C1CCS(=O)(=O)C1. The van der Waals surface area contributed by atoms with Gasteiger partial charge < -0.3 is 15.2 Å². The van der Waals surface area contributed by atoms with Crippen LogP contribution in [0.3, 0.4) is 0 Å². The van der Waals surface area contributed by atoms with E-state index in [1.54, 1.807) is 7.05 Å². The maximum atomic E-state index is 12.1. The van der Waals surface area contributed by atoms with Crippen molar-refractivity contribution in [1.29, 1.82) is 0 Å². The lowest BCUT2D eigenvalue weighted by Crippen LogP contribution is -2.41. The first-order valence-electron chi connectivity index (χ1n) is 6.20. The number of likely N-dealkylation sites (N-methyl/N-ethyl adjacent to an activating group) is 1. The Morgan fingerprint density at radius 2 is 2.20 bits per heavy atom. The van der Waals surface area contributed by atoms with Crippen LogP contribution < -0.4 is 11.3 Å². The molecule has 20 heavy (non-hydrogen) atoms. The molecule has 0 bridgehead atoms. The Morgan fingerprint density at radius 3 is 2.80 bits per heavy atom. The third kappa shape index (κ3) is 3.19. The Hall–Kier alpha value is -1.83. The maximum absolute atomic E-state index is 12.1. The molecule has 1 aliphatic heterocycles. The van der Waals surface area contributed by atoms with Crippen molar-refractivity contribution < 1.29 is 13.2 Å². The lowest BCUT2D eigenvalue weighted by molar-refractivity contribution is -0.132. The van der Waals surface area contributed by atoms with Gasteiger partial charge in [-0.1, -0.05) is 0 Å². The predicted molar refractivity (Wildman–Crippen MR) is 74.9 cm³/mol. The van der Waals surface area contributed by atoms with E-state index in [0.717, 1.165) is 0 Å². The second-order valence-corrected chi connectivity index (χ2v) is 7.22. The van der Waals surface area contributed by atoms with Gasteiger partial charge in [0.25, 0.3) is 5.56 Å². The fourth-order valence-electron chi connectivity index (χ4n) is 2.22. The van der Waals surface area contributed by atoms with Gasteiger partial charge in [-0.2, -0.15) is 0 Å². The Bertz CT molecular complexity index is 680. The number of aromatic nitrogens is 1. The van der Waals surface area contributed by atoms with Gasteiger partial charge in [-0.05, 0) is 12.5 Å². The van der Waals surface area contributed by atoms with Crippen LogP contribution >= 0.6 is 0 Å². The topological polar surface area (TPSA) is 102 Å². The molecule has 2 N–H and O–H groups in total. The second-order valence-electron chi connectivity index (χ2n) is 4.99. The van der Waals surface area contributed by atoms with Gasteiger partial charge in [-0.15, -0.1) is 0 Å². The van der Waals surface area contributed by atoms with Crippen LogP contribution in [0.4, 0.5) is 5.69 Å². The number of rotatable bonds is 3. The number of nitrogens with zero attached hydrogens (tertiary/aromatic N) is 2. The summed E-state index contributed by atoms with van der Waals surface area (Å²) in [7, 11) is -1.48. The summed E-state index contributed by atoms with van der Waals surface area (Å²) in [5, 5.41) is 0. The first kappa shape index (κ1) is 14.6. The fraction of sp³-hybridized carbons (Fsp3) is 0.500. The molecule has 1 unspecified atom stereocenters. The molecule has 0 radical (unpaired) electrons. The molecule has 1 amide bonds. The highest BCUT2D eigenvalue weighted by atomic mass is 32.2. The van der Waals surface area contributed by atoms with Crippen molar-refractivity contribution in [2.24, 2.45) is 0 Å². The highest BCUT2D eigenvalue weighted by Crippen LogP contribution is 2.16. The van der Waals surface area contributed by atoms with Gasteiger partial charge in [-0.3, -0.25) is 9.59 Å². The second kappa shape index (κ2) is 5.28. The van der Waals surface area contributed by atoms with Crippen molar-refractivity contribution in [3.05, 3.63) is 28.7 Å². The summed E-state index contributed by atoms with van der Waals surface area (Å²) in [6.45, 7) is -0.142. The predicted octanol–water partition coefficient (Wildman–Crippen LogP) is -0.924. The molecule has 1 aromatic heterocycles. The Morgan fingerprint density at radius 1 is 1.50 bits per heavy atom. The number of hydrogen-bond donors (Lipinski definition) is 1. The van der Waals surface area contributed by atoms with E-state index in [-0.39, 0.29) is 35.6 Å². The van der Waals surface area contributed by atoms with Crippen molar-refractivity contribution in [2.45, 2.75) is 19.0 Å². The van der Waals surface area contributed by atoms with E-state index in [9.17, 15) is 18.0 Å². The van der Waals surface area contributed by atoms with E-state index < -0.39 is 9.84 Å². The summed E-state index contributed by atoms with van der Waals surface area (Å²) in [5.41, 5.74) is 5.65. The molecule has 1 saturated heterocycles. The van der Waals surface area contributed by atoms with Crippen molar-refractivity contribution in [3.8, 4) is 0 Å². The molecule has 0 spiro atoms. The van der Waals surface area contributed by atoms with Gasteiger partial charge in [-0.25, -0.2) is 8.42 Å². The van der Waals surface area contributed by atoms with Crippen molar-refractivity contribution in [2.75, 3.05) is 24.3 Å². The van der Waals surface area contributed by atoms with E-state index in [2.05, 4.69) is 0 Å². The van der Waals surface area contributed by atoms with E-state index in [0.29, 0.717) is 12.1 Å². The number of nitrogens with two attached hydrogens (primary N) is 1. The lowest BCUT2D eigenvalue weighted by Gasteiger charge is -2.23. The molecule has 2 rings (SSSR count). The molecule has 0 aromatic carbocycles. The first-order valence-corrected chi connectivity index (χ1v) is 8.03. The van der Waals surface area contributed by atoms with Gasteiger partial charge in [0.1, 0.15) is 6.54 Å². The monoisotopic (exact) mass is 299 g/mol. The number of carbonyl (C=O) groups is 1. The van der Waals surface area contributed by atoms with E-state index >= 15 is 0 Å². The maximum Gasteiger partial charge on any atom is 0.251 e. The summed E-state index contributed by atoms with van der Waals surface area (Å²) in [6.07, 6.45) is 1.84. The van der Waals surface area contributed by atoms with E-state index in [4.69, 9.17) is 5.73 Å². The zero-order valence-electron chi connectivity index (χ0n) is 11.2. The number of nitrogen functional groups attached to an aromatic ring is 1. The Balaban J connectivity index is 2.08. The standard InChI is InChI=1S/C12H17N3O4S/c1-14(10-4-5-20(18,19)8-10)12(17)7-15-6-9(13)2-3-11(15)16/h2-3,6,10H,4-5,7-8,13H2,1H3. The van der Waals surface area contributed by atoms with Crippen molar-refractivity contribution >= 4 is 21.4 Å². The normalized spacial score (nSPS) is 20.8. The molecule has 8 heteroatoms. The quantitative estimate of drug-likeness (QED) is 0.777. The largest absolute Gasteiger partial charge is 0.398 e. The van der Waals surface area contributed by atoms with E-state index in [1.165, 1.54) is 27.8 Å². The third-order valence-corrected chi connectivity index (χ3v) is 5.21. The lowest BCUT2D eigenvalue weighted by atomic mass is 10.2. The average Bonchev–Trinajstić information content (AvgIpc) is 2.73. The van der Waals surface area contributed by atoms with Crippen LogP contribution in [0.5, 0.6) is 0 Å². The molecule has 1 atom stereocenters. The smallest absolute Gasteiger partial charge is 0.251 e. The summed E-state index contributed by atoms with van der Waals surface area (Å²) in [6, 6.07) is 2.45. The van der Waals surface area contributed by atoms with Crippen LogP contribution in [-0.4, -0.2) is 48.4 Å². The summed E-state index contributed by atoms with van der Waals surface area (Å²) >= 11 is 0. The van der Waals surface area contributed by atoms with Gasteiger partial charge in [0.15, 0.2) is 9.84 Å². The number of hydrogen-bond acceptors (Lipinski definition) is 5. The molecular formula is C12H17N3O4S. The van der Waals surface area contributed by atoms with Crippen LogP contribution in [0.2, 0.25) is 0 Å². The number of anilines is 1. The van der Waals surface area contributed by atoms with Crippen LogP contribution in [-0.2, 0) is 21.2 Å². The van der Waals surface area contributed by atoms with Crippen molar-refractivity contribution in [1.82, 2.24) is 9.47 Å². The molecule has 1 aliphatic rings. The zero-order chi connectivity index (χ0) is 14.9. The zero-order valence-corrected chi connectivity index (χ0v) is 12.0. The van der Waals surface area contributed by atoms with Gasteiger partial charge in [0, 0.05) is 31.0 Å². The number of amides is 1. The van der Waals surface area contributed by atoms with E-state index in [1.807, 2.05) is 0 Å². The minimum atomic E-state index is -3.04. The van der Waals surface area contributed by atoms with Crippen LogP contribution in [0.15, 0.2) is 23.1 Å². The van der Waals surface area contributed by atoms with Crippen molar-refractivity contribution in [3.63, 3.8) is 0 Å².